The molecule has 2 N–H and O–H groups in total. The minimum Gasteiger partial charge on any atom is -0.390 e. The number of alkyl halides is 1. The maximum Gasteiger partial charge on any atom is 0.249 e. The number of carbonyl (C=O) groups is 1. The molecule has 1 fully saturated rings. The van der Waals surface area contributed by atoms with Crippen LogP contribution in [0.2, 0.25) is 0 Å². The van der Waals surface area contributed by atoms with Gasteiger partial charge in [0.15, 0.2) is 0 Å². The Bertz CT molecular complexity index is 327. The van der Waals surface area contributed by atoms with Crippen LogP contribution in [0.15, 0.2) is 12.3 Å². The van der Waals surface area contributed by atoms with E-state index in [0.29, 0.717) is 6.42 Å². The molecule has 1 rings (SSSR count). The first-order valence-electron chi connectivity index (χ1n) is 5.12. The number of nitrogens with zero attached hydrogens (tertiary/aromatic N) is 1. The van der Waals surface area contributed by atoms with Crippen molar-refractivity contribution in [2.24, 2.45) is 0 Å². The number of nitrogens with one attached hydrogen (secondary N) is 1. The lowest BCUT2D eigenvalue weighted by atomic mass is 10.2. The van der Waals surface area contributed by atoms with Crippen molar-refractivity contribution in [2.45, 2.75) is 24.9 Å². The van der Waals surface area contributed by atoms with Gasteiger partial charge in [0.1, 0.15) is 12.8 Å². The fourth-order valence-corrected chi connectivity index (χ4v) is 1.61. The number of thiocarbonyl (C=S) groups is 1. The summed E-state index contributed by atoms with van der Waals surface area (Å²) in [6.45, 7) is -0.660. The summed E-state index contributed by atoms with van der Waals surface area (Å²) in [5, 5.41) is 11.1. The molecular formula is C10H15FN2O3S. The minimum absolute atomic E-state index is 0.137. The van der Waals surface area contributed by atoms with Crippen LogP contribution in [0.25, 0.3) is 0 Å². The summed E-state index contributed by atoms with van der Waals surface area (Å²) in [7, 11) is 1.66. The maximum atomic E-state index is 13.6. The lowest BCUT2D eigenvalue weighted by Crippen LogP contribution is -2.33. The Morgan fingerprint density at radius 1 is 1.82 bits per heavy atom. The van der Waals surface area contributed by atoms with E-state index >= 15 is 0 Å². The van der Waals surface area contributed by atoms with Crippen LogP contribution in [0.5, 0.6) is 0 Å². The highest BCUT2D eigenvalue weighted by molar-refractivity contribution is 7.78. The predicted molar refractivity (Wildman–Crippen MR) is 63.7 cm³/mol. The lowest BCUT2D eigenvalue weighted by molar-refractivity contribution is -0.182. The van der Waals surface area contributed by atoms with E-state index in [0.717, 1.165) is 5.49 Å². The van der Waals surface area contributed by atoms with Gasteiger partial charge in [0, 0.05) is 25.7 Å². The van der Waals surface area contributed by atoms with Gasteiger partial charge in [-0.2, -0.15) is 0 Å². The van der Waals surface area contributed by atoms with Crippen LogP contribution in [0.4, 0.5) is 4.39 Å². The molecule has 0 aromatic rings. The second-order valence-electron chi connectivity index (χ2n) is 3.76. The smallest absolute Gasteiger partial charge is 0.249 e. The number of hydrogen-bond acceptors (Lipinski definition) is 5. The van der Waals surface area contributed by atoms with Gasteiger partial charge in [0.2, 0.25) is 11.8 Å². The molecule has 1 aliphatic rings. The van der Waals surface area contributed by atoms with Crippen molar-refractivity contribution in [3.8, 4) is 0 Å². The first kappa shape index (κ1) is 14.0. The monoisotopic (exact) mass is 262 g/mol. The van der Waals surface area contributed by atoms with Crippen LogP contribution in [-0.2, 0) is 9.53 Å². The van der Waals surface area contributed by atoms with Crippen LogP contribution in [0, 0.1) is 0 Å². The molecule has 0 aromatic carbocycles. The Morgan fingerprint density at radius 3 is 3.06 bits per heavy atom. The number of ether oxygens (including phenoxy) is 1. The van der Waals surface area contributed by atoms with Crippen molar-refractivity contribution in [3.63, 3.8) is 0 Å². The molecule has 0 aliphatic carbocycles. The number of aliphatic hydroxyl groups excluding tert-OH is 1. The third kappa shape index (κ3) is 4.03. The highest BCUT2D eigenvalue weighted by atomic mass is 32.1. The first-order valence-corrected chi connectivity index (χ1v) is 5.60. The van der Waals surface area contributed by atoms with Gasteiger partial charge < -0.3 is 20.1 Å². The normalized spacial score (nSPS) is 28.3. The molecule has 5 nitrogen and oxygen atoms in total. The number of rotatable bonds is 5. The third-order valence-corrected chi connectivity index (χ3v) is 2.58. The van der Waals surface area contributed by atoms with Crippen LogP contribution in [0.3, 0.4) is 0 Å². The van der Waals surface area contributed by atoms with E-state index in [9.17, 15) is 9.18 Å². The fraction of sp³-hybridized carbons (Fsp3) is 0.600. The molecule has 1 heterocycles. The number of halogens is 1. The Balaban J connectivity index is 2.47. The van der Waals surface area contributed by atoms with Crippen LogP contribution in [0.1, 0.15) is 12.8 Å². The molecule has 0 bridgehead atoms. The van der Waals surface area contributed by atoms with Crippen molar-refractivity contribution in [1.82, 2.24) is 10.2 Å². The van der Waals surface area contributed by atoms with Crippen LogP contribution < -0.4 is 5.32 Å². The van der Waals surface area contributed by atoms with Gasteiger partial charge >= 0.3 is 0 Å². The number of hydrogen-bond donors (Lipinski definition) is 2. The maximum absolute atomic E-state index is 13.6. The van der Waals surface area contributed by atoms with Crippen molar-refractivity contribution >= 4 is 23.6 Å². The van der Waals surface area contributed by atoms with Gasteiger partial charge in [-0.3, -0.25) is 4.79 Å². The topological polar surface area (TPSA) is 61.8 Å². The average Bonchev–Trinajstić information content (AvgIpc) is 2.70. The zero-order valence-electron chi connectivity index (χ0n) is 9.43. The Morgan fingerprint density at radius 2 is 2.53 bits per heavy atom. The fourth-order valence-electron chi connectivity index (χ4n) is 1.49. The molecule has 7 heteroatoms. The Kier molecular flexibility index (Phi) is 4.98. The van der Waals surface area contributed by atoms with Crippen molar-refractivity contribution in [1.29, 1.82) is 0 Å². The standard InChI is InChI=1S/C10H15FN2O3S/c1-13(5-3-8(15)12-7-17)9-2-4-10(11,6-14)16-9/h3,5,7,9,14H,2,4,6H2,1H3,(H,12,15,17)/b5-3-. The largest absolute Gasteiger partial charge is 0.390 e. The highest BCUT2D eigenvalue weighted by Gasteiger charge is 2.41. The molecule has 1 aliphatic heterocycles. The molecule has 2 unspecified atom stereocenters. The zero-order chi connectivity index (χ0) is 12.9. The lowest BCUT2D eigenvalue weighted by Gasteiger charge is -2.24. The summed E-state index contributed by atoms with van der Waals surface area (Å²) < 4.78 is 18.6. The van der Waals surface area contributed by atoms with E-state index in [-0.39, 0.29) is 12.3 Å². The molecule has 0 spiro atoms. The van der Waals surface area contributed by atoms with E-state index in [1.807, 2.05) is 0 Å². The quantitative estimate of drug-likeness (QED) is 0.551. The zero-order valence-corrected chi connectivity index (χ0v) is 10.2. The van der Waals surface area contributed by atoms with Crippen LogP contribution >= 0.6 is 12.2 Å². The van der Waals surface area contributed by atoms with Crippen molar-refractivity contribution < 1.29 is 19.0 Å². The van der Waals surface area contributed by atoms with Gasteiger partial charge in [0.25, 0.3) is 0 Å². The average molecular weight is 262 g/mol. The van der Waals surface area contributed by atoms with E-state index < -0.39 is 18.7 Å². The molecule has 17 heavy (non-hydrogen) atoms. The van der Waals surface area contributed by atoms with E-state index in [4.69, 9.17) is 9.84 Å². The summed E-state index contributed by atoms with van der Waals surface area (Å²) in [6.07, 6.45) is 2.85. The molecule has 0 radical (unpaired) electrons. The molecule has 1 amide bonds. The summed E-state index contributed by atoms with van der Waals surface area (Å²) in [5.74, 6) is -2.33. The molecular weight excluding hydrogens is 247 g/mol. The second kappa shape index (κ2) is 6.04. The number of amides is 1. The van der Waals surface area contributed by atoms with Gasteiger partial charge in [-0.15, -0.1) is 0 Å². The number of aliphatic hydroxyl groups is 1. The van der Waals surface area contributed by atoms with Crippen molar-refractivity contribution in [3.05, 3.63) is 12.3 Å². The predicted octanol–water partition coefficient (Wildman–Crippen LogP) is 0.300. The van der Waals surface area contributed by atoms with E-state index in [1.165, 1.54) is 12.3 Å². The molecule has 2 atom stereocenters. The minimum atomic E-state index is -1.97. The molecule has 1 saturated heterocycles. The first-order chi connectivity index (χ1) is 8.00. The summed E-state index contributed by atoms with van der Waals surface area (Å²) in [5.41, 5.74) is 1.11. The molecule has 96 valence electrons. The summed E-state index contributed by atoms with van der Waals surface area (Å²) >= 11 is 4.45. The van der Waals surface area contributed by atoms with E-state index in [1.54, 1.807) is 11.9 Å². The highest BCUT2D eigenvalue weighted by Crippen LogP contribution is 2.32. The summed E-state index contributed by atoms with van der Waals surface area (Å²) in [4.78, 5) is 12.6. The van der Waals surface area contributed by atoms with Gasteiger partial charge in [-0.05, 0) is 6.42 Å². The number of carbonyl (C=O) groups excluding carboxylic acids is 1. The third-order valence-electron chi connectivity index (χ3n) is 2.46. The summed E-state index contributed by atoms with van der Waals surface area (Å²) in [6, 6.07) is 0. The Hall–Kier alpha value is -1.05. The van der Waals surface area contributed by atoms with E-state index in [2.05, 4.69) is 17.5 Å². The van der Waals surface area contributed by atoms with Gasteiger partial charge in [0.05, 0.1) is 5.49 Å². The SMILES string of the molecule is CN(/C=C\C(=O)NC=S)C1CCC(F)(CO)O1. The van der Waals surface area contributed by atoms with Crippen LogP contribution in [-0.4, -0.2) is 47.1 Å². The molecule has 0 saturated carbocycles. The second-order valence-corrected chi connectivity index (χ2v) is 4.00. The van der Waals surface area contributed by atoms with Gasteiger partial charge in [-0.1, -0.05) is 12.2 Å². The Labute approximate surface area is 104 Å². The van der Waals surface area contributed by atoms with Crippen molar-refractivity contribution in [2.75, 3.05) is 13.7 Å². The van der Waals surface area contributed by atoms with Gasteiger partial charge in [-0.25, -0.2) is 4.39 Å². The molecule has 0 aromatic heterocycles.